The first-order chi connectivity index (χ1) is 8.15. The van der Waals surface area contributed by atoms with E-state index in [-0.39, 0.29) is 11.9 Å². The summed E-state index contributed by atoms with van der Waals surface area (Å²) < 4.78 is 10.3. The highest BCUT2D eigenvalue weighted by Crippen LogP contribution is 2.17. The molecular weight excluding hydrogens is 236 g/mol. The molecular formula is C13H24O3S. The minimum absolute atomic E-state index is 0.138. The normalized spacial score (nSPS) is 11.9. The van der Waals surface area contributed by atoms with E-state index in [1.54, 1.807) is 0 Å². The van der Waals surface area contributed by atoms with Crippen LogP contribution in [0.4, 0.5) is 0 Å². The lowest BCUT2D eigenvalue weighted by molar-refractivity contribution is -0.148. The van der Waals surface area contributed by atoms with Gasteiger partial charge in [-0.25, -0.2) is 0 Å². The average Bonchev–Trinajstić information content (AvgIpc) is 2.28. The Hall–Kier alpha value is -0.640. The van der Waals surface area contributed by atoms with Crippen molar-refractivity contribution in [2.24, 2.45) is 5.92 Å². The highest BCUT2D eigenvalue weighted by atomic mass is 32.1. The number of rotatable bonds is 9. The summed E-state index contributed by atoms with van der Waals surface area (Å²) in [6.45, 7) is 6.84. The third-order valence-electron chi connectivity index (χ3n) is 2.49. The molecule has 0 N–H and O–H groups in total. The molecule has 0 radical (unpaired) electrons. The number of unbranched alkanes of at least 4 members (excludes halogenated alkanes) is 2. The van der Waals surface area contributed by atoms with Crippen LogP contribution >= 0.6 is 12.2 Å². The standard InChI is InChI=1S/C13H24O3S/c1-4-7-8-9-11(13(14)16-6-3)10-12(17)15-5-2/h11H,4-10H2,1-3H3. The third kappa shape index (κ3) is 8.13. The molecule has 0 fully saturated rings. The molecule has 1 atom stereocenters. The molecule has 100 valence electrons. The zero-order valence-electron chi connectivity index (χ0n) is 11.2. The Morgan fingerprint density at radius 2 is 1.76 bits per heavy atom. The van der Waals surface area contributed by atoms with Gasteiger partial charge in [-0.15, -0.1) is 0 Å². The maximum atomic E-state index is 11.7. The van der Waals surface area contributed by atoms with E-state index in [1.165, 1.54) is 0 Å². The van der Waals surface area contributed by atoms with E-state index in [0.717, 1.165) is 25.7 Å². The summed E-state index contributed by atoms with van der Waals surface area (Å²) in [6.07, 6.45) is 4.66. The molecule has 0 aromatic carbocycles. The molecule has 0 aliphatic heterocycles. The monoisotopic (exact) mass is 260 g/mol. The lowest BCUT2D eigenvalue weighted by Crippen LogP contribution is -2.21. The van der Waals surface area contributed by atoms with Gasteiger partial charge in [0.15, 0.2) is 5.05 Å². The fourth-order valence-corrected chi connectivity index (χ4v) is 1.94. The second-order valence-electron chi connectivity index (χ2n) is 3.95. The number of esters is 1. The summed E-state index contributed by atoms with van der Waals surface area (Å²) >= 11 is 5.08. The minimum Gasteiger partial charge on any atom is -0.487 e. The molecule has 0 saturated carbocycles. The number of carbonyl (C=O) groups is 1. The average molecular weight is 260 g/mol. The van der Waals surface area contributed by atoms with Crippen molar-refractivity contribution in [1.29, 1.82) is 0 Å². The topological polar surface area (TPSA) is 35.5 Å². The quantitative estimate of drug-likeness (QED) is 0.361. The summed E-state index contributed by atoms with van der Waals surface area (Å²) in [5, 5.41) is 0.516. The van der Waals surface area contributed by atoms with Crippen LogP contribution in [-0.2, 0) is 14.3 Å². The molecule has 0 aromatic rings. The Labute approximate surface area is 110 Å². The number of thiocarbonyl (C=S) groups is 1. The zero-order valence-corrected chi connectivity index (χ0v) is 12.0. The van der Waals surface area contributed by atoms with Gasteiger partial charge in [0.25, 0.3) is 0 Å². The second kappa shape index (κ2) is 10.5. The predicted octanol–water partition coefficient (Wildman–Crippen LogP) is 3.50. The van der Waals surface area contributed by atoms with Crippen LogP contribution < -0.4 is 0 Å². The molecule has 0 aromatic heterocycles. The van der Waals surface area contributed by atoms with E-state index >= 15 is 0 Å². The zero-order chi connectivity index (χ0) is 13.1. The van der Waals surface area contributed by atoms with Gasteiger partial charge in [-0.05, 0) is 32.5 Å². The summed E-state index contributed by atoms with van der Waals surface area (Å²) in [6, 6.07) is 0. The van der Waals surface area contributed by atoms with Crippen molar-refractivity contribution in [2.45, 2.75) is 52.9 Å². The Kier molecular flexibility index (Phi) is 10.1. The van der Waals surface area contributed by atoms with Crippen LogP contribution in [-0.4, -0.2) is 24.2 Å². The van der Waals surface area contributed by atoms with Crippen molar-refractivity contribution in [1.82, 2.24) is 0 Å². The second-order valence-corrected chi connectivity index (χ2v) is 4.41. The van der Waals surface area contributed by atoms with Gasteiger partial charge in [-0.2, -0.15) is 0 Å². The predicted molar refractivity (Wildman–Crippen MR) is 73.1 cm³/mol. The van der Waals surface area contributed by atoms with Gasteiger partial charge in [0.05, 0.1) is 19.1 Å². The molecule has 0 rings (SSSR count). The first-order valence-corrected chi connectivity index (χ1v) is 6.88. The Morgan fingerprint density at radius 3 is 2.29 bits per heavy atom. The molecule has 0 heterocycles. The number of hydrogen-bond acceptors (Lipinski definition) is 4. The molecule has 17 heavy (non-hydrogen) atoms. The smallest absolute Gasteiger partial charge is 0.309 e. The van der Waals surface area contributed by atoms with E-state index in [2.05, 4.69) is 6.92 Å². The molecule has 0 aliphatic carbocycles. The summed E-state index contributed by atoms with van der Waals surface area (Å²) in [4.78, 5) is 11.7. The first kappa shape index (κ1) is 16.4. The molecule has 1 unspecified atom stereocenters. The van der Waals surface area contributed by atoms with Crippen molar-refractivity contribution in [3.05, 3.63) is 0 Å². The van der Waals surface area contributed by atoms with E-state index < -0.39 is 0 Å². The van der Waals surface area contributed by atoms with Crippen LogP contribution in [0.1, 0.15) is 52.9 Å². The molecule has 4 heteroatoms. The van der Waals surface area contributed by atoms with Crippen molar-refractivity contribution in [3.63, 3.8) is 0 Å². The molecule has 0 aliphatic rings. The highest BCUT2D eigenvalue weighted by Gasteiger charge is 2.21. The summed E-state index contributed by atoms with van der Waals surface area (Å²) in [7, 11) is 0. The summed E-state index contributed by atoms with van der Waals surface area (Å²) in [5.74, 6) is -0.286. The van der Waals surface area contributed by atoms with Crippen molar-refractivity contribution in [3.8, 4) is 0 Å². The molecule has 0 spiro atoms. The fraction of sp³-hybridized carbons (Fsp3) is 0.846. The first-order valence-electron chi connectivity index (χ1n) is 6.47. The van der Waals surface area contributed by atoms with Crippen molar-refractivity contribution < 1.29 is 14.3 Å². The Bertz CT molecular complexity index is 229. The number of ether oxygens (including phenoxy) is 2. The van der Waals surface area contributed by atoms with Crippen LogP contribution in [0, 0.1) is 5.92 Å². The van der Waals surface area contributed by atoms with Gasteiger partial charge in [0.1, 0.15) is 0 Å². The Morgan fingerprint density at radius 1 is 1.12 bits per heavy atom. The number of carbonyl (C=O) groups excluding carboxylic acids is 1. The molecule has 3 nitrogen and oxygen atoms in total. The number of hydrogen-bond donors (Lipinski definition) is 0. The van der Waals surface area contributed by atoms with Crippen LogP contribution in [0.2, 0.25) is 0 Å². The van der Waals surface area contributed by atoms with Crippen LogP contribution in [0.25, 0.3) is 0 Å². The van der Waals surface area contributed by atoms with Crippen molar-refractivity contribution >= 4 is 23.2 Å². The van der Waals surface area contributed by atoms with Crippen LogP contribution in [0.5, 0.6) is 0 Å². The molecule has 0 amide bonds. The molecule has 0 bridgehead atoms. The van der Waals surface area contributed by atoms with Crippen LogP contribution in [0.3, 0.4) is 0 Å². The van der Waals surface area contributed by atoms with Crippen molar-refractivity contribution in [2.75, 3.05) is 13.2 Å². The van der Waals surface area contributed by atoms with Crippen LogP contribution in [0.15, 0.2) is 0 Å². The maximum Gasteiger partial charge on any atom is 0.309 e. The van der Waals surface area contributed by atoms with Gasteiger partial charge in [0.2, 0.25) is 0 Å². The van der Waals surface area contributed by atoms with E-state index in [4.69, 9.17) is 21.7 Å². The fourth-order valence-electron chi connectivity index (χ4n) is 1.63. The lowest BCUT2D eigenvalue weighted by atomic mass is 9.98. The van der Waals surface area contributed by atoms with E-state index in [0.29, 0.717) is 24.7 Å². The Balaban J connectivity index is 4.18. The SMILES string of the molecule is CCCCCC(CC(=S)OCC)C(=O)OCC. The van der Waals surface area contributed by atoms with E-state index in [9.17, 15) is 4.79 Å². The largest absolute Gasteiger partial charge is 0.487 e. The van der Waals surface area contributed by atoms with E-state index in [1.807, 2.05) is 13.8 Å². The van der Waals surface area contributed by atoms with Gasteiger partial charge < -0.3 is 9.47 Å². The van der Waals surface area contributed by atoms with Gasteiger partial charge in [0, 0.05) is 6.42 Å². The third-order valence-corrected chi connectivity index (χ3v) is 2.78. The van der Waals surface area contributed by atoms with Gasteiger partial charge >= 0.3 is 5.97 Å². The van der Waals surface area contributed by atoms with Gasteiger partial charge in [-0.1, -0.05) is 26.2 Å². The maximum absolute atomic E-state index is 11.7. The highest BCUT2D eigenvalue weighted by molar-refractivity contribution is 7.80. The van der Waals surface area contributed by atoms with Gasteiger partial charge in [-0.3, -0.25) is 4.79 Å². The molecule has 0 saturated heterocycles. The minimum atomic E-state index is -0.148. The summed E-state index contributed by atoms with van der Waals surface area (Å²) in [5.41, 5.74) is 0. The lowest BCUT2D eigenvalue weighted by Gasteiger charge is -2.15.